The Morgan fingerprint density at radius 1 is 0.940 bits per heavy atom. The van der Waals surface area contributed by atoms with Gasteiger partial charge >= 0.3 is 12.1 Å². The van der Waals surface area contributed by atoms with Gasteiger partial charge in [-0.1, -0.05) is 50.2 Å². The first-order chi connectivity index (χ1) is 23.7. The number of carboxylic acid groups (broad SMARTS) is 1. The number of likely N-dealkylation sites (N-methyl/N-ethyl adjacent to an activating group) is 1. The molecule has 2 unspecified atom stereocenters. The van der Waals surface area contributed by atoms with Crippen LogP contribution in [0, 0.1) is 5.92 Å². The molecule has 4 N–H and O–H groups in total. The Labute approximate surface area is 291 Å². The topological polar surface area (TPSA) is 121 Å². The van der Waals surface area contributed by atoms with Crippen molar-refractivity contribution in [2.45, 2.75) is 57.0 Å². The van der Waals surface area contributed by atoms with Gasteiger partial charge in [0.1, 0.15) is 29.9 Å². The van der Waals surface area contributed by atoms with Crippen LogP contribution in [0.1, 0.15) is 44.7 Å². The third-order valence-electron chi connectivity index (χ3n) is 8.28. The van der Waals surface area contributed by atoms with Crippen LogP contribution in [0.15, 0.2) is 66.7 Å². The minimum absolute atomic E-state index is 0.00333. The molecule has 13 heteroatoms. The smallest absolute Gasteiger partial charge is 0.407 e. The summed E-state index contributed by atoms with van der Waals surface area (Å²) >= 11 is 0. The second-order valence-corrected chi connectivity index (χ2v) is 13.1. The van der Waals surface area contributed by atoms with E-state index in [9.17, 15) is 27.9 Å². The van der Waals surface area contributed by atoms with Gasteiger partial charge in [-0.05, 0) is 67.4 Å². The van der Waals surface area contributed by atoms with Gasteiger partial charge in [-0.3, -0.25) is 10.1 Å². The molecule has 0 aliphatic heterocycles. The molecule has 0 heterocycles. The fraction of sp³-hybridized carbons (Fsp3) is 0.459. The van der Waals surface area contributed by atoms with Gasteiger partial charge < -0.3 is 34.9 Å². The molecule has 1 aliphatic carbocycles. The van der Waals surface area contributed by atoms with E-state index in [1.807, 2.05) is 57.1 Å². The van der Waals surface area contributed by atoms with E-state index < -0.39 is 35.7 Å². The summed E-state index contributed by atoms with van der Waals surface area (Å²) in [4.78, 5) is 26.7. The van der Waals surface area contributed by atoms with Crippen LogP contribution in [0.5, 0.6) is 17.2 Å². The van der Waals surface area contributed by atoms with E-state index in [2.05, 4.69) is 16.0 Å². The van der Waals surface area contributed by atoms with Gasteiger partial charge in [0, 0.05) is 38.5 Å². The van der Waals surface area contributed by atoms with Crippen molar-refractivity contribution >= 4 is 17.6 Å². The first-order valence-electron chi connectivity index (χ1n) is 16.6. The molecular formula is C37H47F3N4O6. The Bertz CT molecular complexity index is 1560. The standard InChI is InChI=1S/C37H47F3N4O6/c1-24(2)22-31(34(45)42-19-18-41-30-15-14-29(23-32(30)48-5)50-36(16-17-36)35(46)47)43-33(37(38,39)40)27-8-6-25(7-9-27)26-10-12-28(13-11-26)49-21-20-44(3)4/h6-15,23-24,31,33,41,43H,16-22H2,1-5H3,(H,42,45)(H,46,47). The number of anilines is 1. The molecule has 10 nitrogen and oxygen atoms in total. The summed E-state index contributed by atoms with van der Waals surface area (Å²) in [5.41, 5.74) is 0.975. The lowest BCUT2D eigenvalue weighted by Gasteiger charge is -2.28. The number of halogens is 3. The van der Waals surface area contributed by atoms with Crippen molar-refractivity contribution in [1.82, 2.24) is 15.5 Å². The lowest BCUT2D eigenvalue weighted by atomic mass is 9.97. The maximum atomic E-state index is 14.4. The van der Waals surface area contributed by atoms with Gasteiger partial charge in [-0.15, -0.1) is 0 Å². The van der Waals surface area contributed by atoms with E-state index in [0.717, 1.165) is 17.7 Å². The predicted octanol–water partition coefficient (Wildman–Crippen LogP) is 6.13. The number of amides is 1. The van der Waals surface area contributed by atoms with Crippen LogP contribution in [0.2, 0.25) is 0 Å². The van der Waals surface area contributed by atoms with Crippen LogP contribution >= 0.6 is 0 Å². The largest absolute Gasteiger partial charge is 0.494 e. The Balaban J connectivity index is 1.36. The molecule has 2 atom stereocenters. The number of ether oxygens (including phenoxy) is 3. The zero-order valence-electron chi connectivity index (χ0n) is 29.1. The van der Waals surface area contributed by atoms with E-state index in [1.165, 1.54) is 19.2 Å². The molecule has 3 aromatic rings. The van der Waals surface area contributed by atoms with Crippen LogP contribution in [0.4, 0.5) is 18.9 Å². The van der Waals surface area contributed by atoms with Crippen molar-refractivity contribution in [3.63, 3.8) is 0 Å². The number of aliphatic carboxylic acids is 1. The Hall–Kier alpha value is -4.49. The highest BCUT2D eigenvalue weighted by Gasteiger charge is 2.53. The van der Waals surface area contributed by atoms with Gasteiger partial charge in [0.05, 0.1) is 18.8 Å². The molecular weight excluding hydrogens is 653 g/mol. The Morgan fingerprint density at radius 3 is 2.10 bits per heavy atom. The van der Waals surface area contributed by atoms with Crippen molar-refractivity contribution in [2.24, 2.45) is 5.92 Å². The third-order valence-corrected chi connectivity index (χ3v) is 8.28. The summed E-state index contributed by atoms with van der Waals surface area (Å²) in [6, 6.07) is 15.3. The molecule has 4 rings (SSSR count). The maximum Gasteiger partial charge on any atom is 0.407 e. The van der Waals surface area contributed by atoms with Crippen LogP contribution < -0.4 is 30.2 Å². The van der Waals surface area contributed by atoms with E-state index >= 15 is 0 Å². The number of carbonyl (C=O) groups is 2. The summed E-state index contributed by atoms with van der Waals surface area (Å²) < 4.78 is 60.1. The second kappa shape index (κ2) is 16.9. The highest BCUT2D eigenvalue weighted by Crippen LogP contribution is 2.42. The number of carbonyl (C=O) groups excluding carboxylic acids is 1. The number of nitrogens with zero attached hydrogens (tertiary/aromatic N) is 1. The number of nitrogens with one attached hydrogen (secondary N) is 3. The number of hydrogen-bond acceptors (Lipinski definition) is 8. The minimum Gasteiger partial charge on any atom is -0.494 e. The van der Waals surface area contributed by atoms with Crippen molar-refractivity contribution in [3.8, 4) is 28.4 Å². The quantitative estimate of drug-likeness (QED) is 0.109. The van der Waals surface area contributed by atoms with Crippen molar-refractivity contribution < 1.29 is 42.1 Å². The number of rotatable bonds is 19. The number of hydrogen-bond donors (Lipinski definition) is 4. The number of alkyl halides is 3. The van der Waals surface area contributed by atoms with E-state index in [4.69, 9.17) is 14.2 Å². The highest BCUT2D eigenvalue weighted by atomic mass is 19.4. The van der Waals surface area contributed by atoms with Gasteiger partial charge in [0.2, 0.25) is 11.5 Å². The van der Waals surface area contributed by atoms with Crippen LogP contribution in [-0.2, 0) is 9.59 Å². The molecule has 272 valence electrons. The van der Waals surface area contributed by atoms with Crippen molar-refractivity contribution in [3.05, 3.63) is 72.3 Å². The lowest BCUT2D eigenvalue weighted by molar-refractivity contribution is -0.161. The number of benzene rings is 3. The molecule has 0 spiro atoms. The number of carboxylic acids is 1. The molecule has 1 aliphatic rings. The van der Waals surface area contributed by atoms with E-state index in [-0.39, 0.29) is 31.0 Å². The first kappa shape index (κ1) is 38.3. The van der Waals surface area contributed by atoms with E-state index in [0.29, 0.717) is 42.4 Å². The van der Waals surface area contributed by atoms with E-state index in [1.54, 1.807) is 30.3 Å². The lowest BCUT2D eigenvalue weighted by Crippen LogP contribution is -2.50. The maximum absolute atomic E-state index is 14.4. The van der Waals surface area contributed by atoms with Crippen molar-refractivity contribution in [1.29, 1.82) is 0 Å². The predicted molar refractivity (Wildman–Crippen MR) is 186 cm³/mol. The minimum atomic E-state index is -4.65. The fourth-order valence-corrected chi connectivity index (χ4v) is 5.35. The molecule has 0 bridgehead atoms. The summed E-state index contributed by atoms with van der Waals surface area (Å²) in [5, 5.41) is 17.9. The van der Waals surface area contributed by atoms with Gasteiger partial charge in [0.25, 0.3) is 0 Å². The Morgan fingerprint density at radius 2 is 1.56 bits per heavy atom. The molecule has 0 radical (unpaired) electrons. The molecule has 1 saturated carbocycles. The summed E-state index contributed by atoms with van der Waals surface area (Å²) in [6.07, 6.45) is -3.60. The van der Waals surface area contributed by atoms with Crippen molar-refractivity contribution in [2.75, 3.05) is 52.8 Å². The number of methoxy groups -OCH3 is 1. The van der Waals surface area contributed by atoms with Gasteiger partial charge in [-0.2, -0.15) is 13.2 Å². The fourth-order valence-electron chi connectivity index (χ4n) is 5.35. The molecule has 3 aromatic carbocycles. The summed E-state index contributed by atoms with van der Waals surface area (Å²) in [5.74, 6) is -0.133. The summed E-state index contributed by atoms with van der Waals surface area (Å²) in [7, 11) is 5.38. The summed E-state index contributed by atoms with van der Waals surface area (Å²) in [6.45, 7) is 5.39. The molecule has 0 saturated heterocycles. The zero-order chi connectivity index (χ0) is 36.5. The third kappa shape index (κ3) is 10.8. The molecule has 50 heavy (non-hydrogen) atoms. The molecule has 0 aromatic heterocycles. The monoisotopic (exact) mass is 700 g/mol. The first-order valence-corrected chi connectivity index (χ1v) is 16.6. The van der Waals surface area contributed by atoms with Crippen LogP contribution in [0.25, 0.3) is 11.1 Å². The zero-order valence-corrected chi connectivity index (χ0v) is 29.1. The average Bonchev–Trinajstić information content (AvgIpc) is 3.85. The second-order valence-electron chi connectivity index (χ2n) is 13.1. The van der Waals surface area contributed by atoms with Crippen LogP contribution in [0.3, 0.4) is 0 Å². The molecule has 1 amide bonds. The molecule has 1 fully saturated rings. The Kier molecular flexibility index (Phi) is 13.0. The van der Waals surface area contributed by atoms with Gasteiger partial charge in [-0.25, -0.2) is 4.79 Å². The van der Waals surface area contributed by atoms with Crippen LogP contribution in [-0.4, -0.2) is 87.1 Å². The van der Waals surface area contributed by atoms with Gasteiger partial charge in [0.15, 0.2) is 0 Å². The average molecular weight is 701 g/mol. The highest BCUT2D eigenvalue weighted by molar-refractivity contribution is 5.82. The normalized spacial score (nSPS) is 14.9. The SMILES string of the molecule is COc1cc(OC2(C(=O)O)CC2)ccc1NCCNC(=O)C(CC(C)C)NC(c1ccc(-c2ccc(OCCN(C)C)cc2)cc1)C(F)(F)F.